The van der Waals surface area contributed by atoms with E-state index >= 15 is 0 Å². The fraction of sp³-hybridized carbons (Fsp3) is 0.571. The average molecular weight is 317 g/mol. The van der Waals surface area contributed by atoms with Crippen molar-refractivity contribution in [2.75, 3.05) is 13.1 Å². The number of hydrogen-bond donors (Lipinski definition) is 1. The highest BCUT2D eigenvalue weighted by Gasteiger charge is 2.31. The van der Waals surface area contributed by atoms with E-state index in [1.54, 1.807) is 12.1 Å². The van der Waals surface area contributed by atoms with Gasteiger partial charge in [0.15, 0.2) is 0 Å². The van der Waals surface area contributed by atoms with Gasteiger partial charge in [-0.3, -0.25) is 0 Å². The number of rotatable bonds is 3. The Balaban J connectivity index is 2.27. The van der Waals surface area contributed by atoms with Crippen molar-refractivity contribution in [1.29, 1.82) is 0 Å². The summed E-state index contributed by atoms with van der Waals surface area (Å²) in [5, 5.41) is 0.479. The molecule has 0 spiro atoms. The second kappa shape index (κ2) is 6.02. The third kappa shape index (κ3) is 3.17. The molecule has 1 aliphatic rings. The first-order valence-electron chi connectivity index (χ1n) is 6.84. The minimum Gasteiger partial charge on any atom is -0.328 e. The molecule has 0 bridgehead atoms. The summed E-state index contributed by atoms with van der Waals surface area (Å²) in [7, 11) is -3.47. The van der Waals surface area contributed by atoms with Crippen molar-refractivity contribution in [2.45, 2.75) is 37.6 Å². The van der Waals surface area contributed by atoms with Crippen LogP contribution in [0.25, 0.3) is 0 Å². The predicted octanol–water partition coefficient (Wildman–Crippen LogP) is 2.40. The lowest BCUT2D eigenvalue weighted by Crippen LogP contribution is -2.44. The fourth-order valence-corrected chi connectivity index (χ4v) is 4.31. The Morgan fingerprint density at radius 3 is 2.75 bits per heavy atom. The first-order valence-corrected chi connectivity index (χ1v) is 8.66. The van der Waals surface area contributed by atoms with Crippen molar-refractivity contribution in [3.8, 4) is 0 Å². The Bertz CT molecular complexity index is 587. The lowest BCUT2D eigenvalue weighted by atomic mass is 9.93. The molecule has 2 N–H and O–H groups in total. The topological polar surface area (TPSA) is 63.4 Å². The van der Waals surface area contributed by atoms with Gasteiger partial charge in [-0.1, -0.05) is 17.7 Å². The summed E-state index contributed by atoms with van der Waals surface area (Å²) in [4.78, 5) is 0.262. The van der Waals surface area contributed by atoms with Gasteiger partial charge in [-0.15, -0.1) is 0 Å². The van der Waals surface area contributed by atoms with Crippen LogP contribution in [0.5, 0.6) is 0 Å². The van der Waals surface area contributed by atoms with Crippen LogP contribution in [-0.4, -0.2) is 31.9 Å². The molecule has 0 aliphatic carbocycles. The van der Waals surface area contributed by atoms with Crippen LogP contribution < -0.4 is 5.73 Å². The van der Waals surface area contributed by atoms with Gasteiger partial charge in [0, 0.05) is 24.2 Å². The zero-order valence-corrected chi connectivity index (χ0v) is 13.4. The van der Waals surface area contributed by atoms with Gasteiger partial charge < -0.3 is 5.73 Å². The van der Waals surface area contributed by atoms with Crippen LogP contribution in [0.2, 0.25) is 5.02 Å². The summed E-state index contributed by atoms with van der Waals surface area (Å²) in [5.41, 5.74) is 6.79. The van der Waals surface area contributed by atoms with E-state index in [2.05, 4.69) is 0 Å². The molecule has 20 heavy (non-hydrogen) atoms. The van der Waals surface area contributed by atoms with Gasteiger partial charge in [-0.25, -0.2) is 8.42 Å². The Morgan fingerprint density at radius 1 is 1.45 bits per heavy atom. The molecule has 1 aromatic rings. The molecule has 0 aromatic heterocycles. The number of aryl methyl sites for hydroxylation is 1. The first-order chi connectivity index (χ1) is 9.32. The molecule has 112 valence electrons. The van der Waals surface area contributed by atoms with E-state index < -0.39 is 10.0 Å². The molecule has 0 unspecified atom stereocenters. The molecule has 1 fully saturated rings. The van der Waals surface area contributed by atoms with Crippen LogP contribution in [0.3, 0.4) is 0 Å². The highest BCUT2D eigenvalue weighted by molar-refractivity contribution is 7.89. The first kappa shape index (κ1) is 15.8. The number of halogens is 1. The van der Waals surface area contributed by atoms with Crippen molar-refractivity contribution in [3.05, 3.63) is 28.8 Å². The van der Waals surface area contributed by atoms with Gasteiger partial charge in [0.1, 0.15) is 0 Å². The Hall–Kier alpha value is -0.620. The number of nitrogens with zero attached hydrogens (tertiary/aromatic N) is 1. The standard InChI is InChI=1S/C14H21ClN2O2S/c1-10-5-6-13(8-14(10)15)20(18,19)17-7-3-4-12(9-17)11(2)16/h5-6,8,11-12H,3-4,7,9,16H2,1-2H3/t11-,12-/m0/s1. The Labute approximate surface area is 126 Å². The van der Waals surface area contributed by atoms with Crippen LogP contribution in [0.4, 0.5) is 0 Å². The lowest BCUT2D eigenvalue weighted by Gasteiger charge is -2.33. The average Bonchev–Trinajstić information content (AvgIpc) is 2.42. The van der Waals surface area contributed by atoms with Gasteiger partial charge in [-0.05, 0) is 50.3 Å². The number of sulfonamides is 1. The molecule has 6 heteroatoms. The smallest absolute Gasteiger partial charge is 0.243 e. The summed E-state index contributed by atoms with van der Waals surface area (Å²) in [5.74, 6) is 0.222. The predicted molar refractivity (Wildman–Crippen MR) is 81.3 cm³/mol. The molecule has 1 aromatic carbocycles. The van der Waals surface area contributed by atoms with E-state index in [9.17, 15) is 8.42 Å². The normalized spacial score (nSPS) is 22.7. The van der Waals surface area contributed by atoms with E-state index in [1.165, 1.54) is 10.4 Å². The molecule has 2 atom stereocenters. The highest BCUT2D eigenvalue weighted by Crippen LogP contribution is 2.27. The molecule has 1 saturated heterocycles. The molecule has 4 nitrogen and oxygen atoms in total. The van der Waals surface area contributed by atoms with Gasteiger partial charge in [0.05, 0.1) is 4.90 Å². The van der Waals surface area contributed by atoms with Crippen LogP contribution in [0.15, 0.2) is 23.1 Å². The molecular formula is C14H21ClN2O2S. The van der Waals surface area contributed by atoms with Crippen molar-refractivity contribution in [1.82, 2.24) is 4.31 Å². The maximum absolute atomic E-state index is 12.6. The molecule has 1 heterocycles. The molecule has 2 rings (SSSR count). The van der Waals surface area contributed by atoms with Crippen LogP contribution in [0.1, 0.15) is 25.3 Å². The SMILES string of the molecule is Cc1ccc(S(=O)(=O)N2CCC[C@H]([C@H](C)N)C2)cc1Cl. The highest BCUT2D eigenvalue weighted by atomic mass is 35.5. The summed E-state index contributed by atoms with van der Waals surface area (Å²) in [6.07, 6.45) is 1.84. The summed E-state index contributed by atoms with van der Waals surface area (Å²) in [6, 6.07) is 4.89. The van der Waals surface area contributed by atoms with Crippen molar-refractivity contribution in [3.63, 3.8) is 0 Å². The van der Waals surface area contributed by atoms with Crippen molar-refractivity contribution < 1.29 is 8.42 Å². The van der Waals surface area contributed by atoms with Gasteiger partial charge >= 0.3 is 0 Å². The van der Waals surface area contributed by atoms with Crippen LogP contribution >= 0.6 is 11.6 Å². The van der Waals surface area contributed by atoms with Crippen LogP contribution in [-0.2, 0) is 10.0 Å². The Kier molecular flexibility index (Phi) is 4.74. The van der Waals surface area contributed by atoms with E-state index in [1.807, 2.05) is 13.8 Å². The van der Waals surface area contributed by atoms with Gasteiger partial charge in [0.25, 0.3) is 0 Å². The fourth-order valence-electron chi connectivity index (χ4n) is 2.50. The second-order valence-corrected chi connectivity index (χ2v) is 7.88. The van der Waals surface area contributed by atoms with Crippen molar-refractivity contribution in [2.24, 2.45) is 11.7 Å². The van der Waals surface area contributed by atoms with E-state index in [0.717, 1.165) is 18.4 Å². The molecule has 0 radical (unpaired) electrons. The molecule has 0 amide bonds. The number of benzene rings is 1. The lowest BCUT2D eigenvalue weighted by molar-refractivity contribution is 0.243. The van der Waals surface area contributed by atoms with Crippen LogP contribution in [0, 0.1) is 12.8 Å². The maximum atomic E-state index is 12.6. The van der Waals surface area contributed by atoms with Gasteiger partial charge in [-0.2, -0.15) is 4.31 Å². The third-order valence-electron chi connectivity index (χ3n) is 3.95. The minimum atomic E-state index is -3.47. The zero-order valence-electron chi connectivity index (χ0n) is 11.8. The second-order valence-electron chi connectivity index (χ2n) is 5.54. The largest absolute Gasteiger partial charge is 0.328 e. The maximum Gasteiger partial charge on any atom is 0.243 e. The monoisotopic (exact) mass is 316 g/mol. The molecular weight excluding hydrogens is 296 g/mol. The molecule has 1 aliphatic heterocycles. The summed E-state index contributed by atoms with van der Waals surface area (Å²) in [6.45, 7) is 4.83. The van der Waals surface area contributed by atoms with Gasteiger partial charge in [0.2, 0.25) is 10.0 Å². The zero-order chi connectivity index (χ0) is 14.9. The quantitative estimate of drug-likeness (QED) is 0.931. The van der Waals surface area contributed by atoms with E-state index in [4.69, 9.17) is 17.3 Å². The number of nitrogens with two attached hydrogens (primary N) is 1. The van der Waals surface area contributed by atoms with E-state index in [0.29, 0.717) is 18.1 Å². The number of piperidine rings is 1. The molecule has 0 saturated carbocycles. The third-order valence-corrected chi connectivity index (χ3v) is 6.21. The van der Waals surface area contributed by atoms with E-state index in [-0.39, 0.29) is 16.9 Å². The summed E-state index contributed by atoms with van der Waals surface area (Å²) < 4.78 is 26.8. The minimum absolute atomic E-state index is 0.00889. The number of hydrogen-bond acceptors (Lipinski definition) is 3. The Morgan fingerprint density at radius 2 is 2.15 bits per heavy atom. The summed E-state index contributed by atoms with van der Waals surface area (Å²) >= 11 is 6.03. The van der Waals surface area contributed by atoms with Crippen molar-refractivity contribution >= 4 is 21.6 Å².